The third-order valence-electron chi connectivity index (χ3n) is 6.49. The molecule has 1 atom stereocenters. The second-order valence-corrected chi connectivity index (χ2v) is 8.96. The van der Waals surface area contributed by atoms with Crippen molar-refractivity contribution in [3.8, 4) is 11.5 Å². The van der Waals surface area contributed by atoms with Crippen molar-refractivity contribution in [1.82, 2.24) is 0 Å². The average molecular weight is 377 g/mol. The number of aryl methyl sites for hydroxylation is 1. The molecule has 2 heteroatoms. The van der Waals surface area contributed by atoms with Crippen molar-refractivity contribution < 1.29 is 9.84 Å². The van der Waals surface area contributed by atoms with Gasteiger partial charge in [-0.25, -0.2) is 0 Å². The fourth-order valence-electron chi connectivity index (χ4n) is 4.92. The molecular weight excluding hydrogens is 344 g/mol. The van der Waals surface area contributed by atoms with Gasteiger partial charge in [0.05, 0.1) is 0 Å². The third kappa shape index (κ3) is 3.70. The summed E-state index contributed by atoms with van der Waals surface area (Å²) in [6.45, 7) is 6.59. The van der Waals surface area contributed by atoms with Crippen LogP contribution in [0.1, 0.15) is 81.9 Å². The Bertz CT molecular complexity index is 877. The number of rotatable bonds is 5. The van der Waals surface area contributed by atoms with Crippen molar-refractivity contribution in [2.45, 2.75) is 77.2 Å². The maximum atomic E-state index is 10.8. The Morgan fingerprint density at radius 3 is 2.61 bits per heavy atom. The zero-order valence-electron chi connectivity index (χ0n) is 17.4. The van der Waals surface area contributed by atoms with Gasteiger partial charge in [-0.2, -0.15) is 0 Å². The molecule has 1 aliphatic heterocycles. The van der Waals surface area contributed by atoms with E-state index in [2.05, 4.69) is 57.2 Å². The molecule has 0 fully saturated rings. The van der Waals surface area contributed by atoms with E-state index in [0.717, 1.165) is 49.0 Å². The van der Waals surface area contributed by atoms with Crippen LogP contribution in [0.2, 0.25) is 0 Å². The van der Waals surface area contributed by atoms with E-state index in [1.165, 1.54) is 29.6 Å². The normalized spacial score (nSPS) is 18.8. The SMILES string of the molecule is CC(CCCc1ccccc1)c1cc2c(cc1O)C1=C(CCCC1)C(C)(C)O2. The van der Waals surface area contributed by atoms with Crippen LogP contribution in [0.4, 0.5) is 0 Å². The fraction of sp³-hybridized carbons (Fsp3) is 0.462. The molecule has 1 unspecified atom stereocenters. The molecule has 4 rings (SSSR count). The Labute approximate surface area is 169 Å². The first kappa shape index (κ1) is 19.1. The summed E-state index contributed by atoms with van der Waals surface area (Å²) >= 11 is 0. The van der Waals surface area contributed by atoms with Crippen LogP contribution in [-0.2, 0) is 6.42 Å². The maximum absolute atomic E-state index is 10.8. The van der Waals surface area contributed by atoms with Crippen molar-refractivity contribution in [2.24, 2.45) is 0 Å². The Balaban J connectivity index is 1.54. The maximum Gasteiger partial charge on any atom is 0.128 e. The van der Waals surface area contributed by atoms with Crippen LogP contribution in [0.5, 0.6) is 11.5 Å². The zero-order chi connectivity index (χ0) is 19.7. The number of aromatic hydroxyl groups is 1. The van der Waals surface area contributed by atoms with Crippen LogP contribution in [0.15, 0.2) is 48.0 Å². The molecule has 0 radical (unpaired) electrons. The largest absolute Gasteiger partial charge is 0.508 e. The van der Waals surface area contributed by atoms with Crippen LogP contribution >= 0.6 is 0 Å². The number of phenolic OH excluding ortho intramolecular Hbond substituents is 1. The lowest BCUT2D eigenvalue weighted by atomic mass is 9.77. The fourth-order valence-corrected chi connectivity index (χ4v) is 4.92. The van der Waals surface area contributed by atoms with Crippen LogP contribution in [0.25, 0.3) is 5.57 Å². The summed E-state index contributed by atoms with van der Waals surface area (Å²) in [5.41, 5.74) is 6.11. The van der Waals surface area contributed by atoms with E-state index in [1.54, 1.807) is 0 Å². The van der Waals surface area contributed by atoms with E-state index in [9.17, 15) is 5.11 Å². The first-order valence-electron chi connectivity index (χ1n) is 10.8. The molecule has 1 N–H and O–H groups in total. The van der Waals surface area contributed by atoms with E-state index in [1.807, 2.05) is 6.07 Å². The number of hydrogen-bond donors (Lipinski definition) is 1. The molecule has 0 saturated heterocycles. The third-order valence-corrected chi connectivity index (χ3v) is 6.49. The summed E-state index contributed by atoms with van der Waals surface area (Å²) in [6, 6.07) is 14.7. The quantitative estimate of drug-likeness (QED) is 0.607. The molecule has 0 spiro atoms. The highest BCUT2D eigenvalue weighted by Crippen LogP contribution is 2.49. The molecule has 2 aromatic rings. The van der Waals surface area contributed by atoms with Gasteiger partial charge in [-0.05, 0) is 93.6 Å². The number of ether oxygens (including phenoxy) is 1. The Morgan fingerprint density at radius 2 is 1.82 bits per heavy atom. The minimum Gasteiger partial charge on any atom is -0.508 e. The van der Waals surface area contributed by atoms with E-state index in [4.69, 9.17) is 4.74 Å². The molecule has 2 aromatic carbocycles. The minimum absolute atomic E-state index is 0.243. The van der Waals surface area contributed by atoms with Gasteiger partial charge in [0.2, 0.25) is 0 Å². The van der Waals surface area contributed by atoms with Gasteiger partial charge in [-0.1, -0.05) is 37.3 Å². The van der Waals surface area contributed by atoms with Gasteiger partial charge in [0.25, 0.3) is 0 Å². The Kier molecular flexibility index (Phi) is 5.23. The summed E-state index contributed by atoms with van der Waals surface area (Å²) < 4.78 is 6.44. The van der Waals surface area contributed by atoms with Gasteiger partial charge in [-0.15, -0.1) is 0 Å². The van der Waals surface area contributed by atoms with Crippen molar-refractivity contribution in [1.29, 1.82) is 0 Å². The highest BCUT2D eigenvalue weighted by molar-refractivity contribution is 5.78. The molecule has 0 aromatic heterocycles. The Hall–Kier alpha value is -2.22. The van der Waals surface area contributed by atoms with E-state index in [0.29, 0.717) is 11.7 Å². The van der Waals surface area contributed by atoms with Crippen molar-refractivity contribution in [2.75, 3.05) is 0 Å². The van der Waals surface area contributed by atoms with Crippen molar-refractivity contribution in [3.05, 3.63) is 64.7 Å². The molecule has 0 amide bonds. The molecule has 2 nitrogen and oxygen atoms in total. The second kappa shape index (κ2) is 7.66. The summed E-state index contributed by atoms with van der Waals surface area (Å²) in [6.07, 6.45) is 7.93. The topological polar surface area (TPSA) is 29.5 Å². The first-order valence-corrected chi connectivity index (χ1v) is 10.8. The van der Waals surface area contributed by atoms with Gasteiger partial charge in [0.15, 0.2) is 0 Å². The van der Waals surface area contributed by atoms with Crippen LogP contribution < -0.4 is 4.74 Å². The van der Waals surface area contributed by atoms with Gasteiger partial charge < -0.3 is 9.84 Å². The van der Waals surface area contributed by atoms with Crippen LogP contribution in [-0.4, -0.2) is 10.7 Å². The highest BCUT2D eigenvalue weighted by atomic mass is 16.5. The Morgan fingerprint density at radius 1 is 1.07 bits per heavy atom. The van der Waals surface area contributed by atoms with Crippen LogP contribution in [0, 0.1) is 0 Å². The molecule has 0 saturated carbocycles. The molecule has 1 heterocycles. The lowest BCUT2D eigenvalue weighted by Gasteiger charge is -2.39. The molecule has 28 heavy (non-hydrogen) atoms. The van der Waals surface area contributed by atoms with E-state index >= 15 is 0 Å². The lowest BCUT2D eigenvalue weighted by molar-refractivity contribution is 0.137. The number of phenols is 1. The van der Waals surface area contributed by atoms with Gasteiger partial charge >= 0.3 is 0 Å². The van der Waals surface area contributed by atoms with Gasteiger partial charge in [0, 0.05) is 11.1 Å². The first-order chi connectivity index (χ1) is 13.5. The summed E-state index contributed by atoms with van der Waals surface area (Å²) in [5.74, 6) is 1.68. The number of hydrogen-bond acceptors (Lipinski definition) is 2. The lowest BCUT2D eigenvalue weighted by Crippen LogP contribution is -2.35. The number of fused-ring (bicyclic) bond motifs is 2. The second-order valence-electron chi connectivity index (χ2n) is 8.96. The molecule has 148 valence electrons. The van der Waals surface area contributed by atoms with Crippen molar-refractivity contribution in [3.63, 3.8) is 0 Å². The van der Waals surface area contributed by atoms with Gasteiger partial charge in [-0.3, -0.25) is 0 Å². The molecular formula is C26H32O2. The monoisotopic (exact) mass is 376 g/mol. The standard InChI is InChI=1S/C26H32O2/c1-18(10-9-13-19-11-5-4-6-12-19)21-17-25-22(16-24(21)27)20-14-7-8-15-23(20)26(2,3)28-25/h4-6,11-12,16-18,27H,7-10,13-15H2,1-3H3. The van der Waals surface area contributed by atoms with Crippen LogP contribution in [0.3, 0.4) is 0 Å². The summed E-state index contributed by atoms with van der Waals surface area (Å²) in [5, 5.41) is 10.8. The molecule has 1 aliphatic carbocycles. The van der Waals surface area contributed by atoms with E-state index in [-0.39, 0.29) is 5.60 Å². The van der Waals surface area contributed by atoms with E-state index < -0.39 is 0 Å². The van der Waals surface area contributed by atoms with Crippen molar-refractivity contribution >= 4 is 5.57 Å². The van der Waals surface area contributed by atoms with Gasteiger partial charge in [0.1, 0.15) is 17.1 Å². The predicted molar refractivity (Wildman–Crippen MR) is 116 cm³/mol. The smallest absolute Gasteiger partial charge is 0.128 e. The number of benzene rings is 2. The average Bonchev–Trinajstić information content (AvgIpc) is 2.69. The number of allylic oxidation sites excluding steroid dienone is 1. The minimum atomic E-state index is -0.243. The molecule has 2 aliphatic rings. The summed E-state index contributed by atoms with van der Waals surface area (Å²) in [7, 11) is 0. The zero-order valence-corrected chi connectivity index (χ0v) is 17.4. The highest BCUT2D eigenvalue weighted by Gasteiger charge is 2.36. The predicted octanol–water partition coefficient (Wildman–Crippen LogP) is 7.02. The summed E-state index contributed by atoms with van der Waals surface area (Å²) in [4.78, 5) is 0. The molecule has 0 bridgehead atoms.